The Labute approximate surface area is 158 Å². The van der Waals surface area contributed by atoms with Gasteiger partial charge in [-0.25, -0.2) is 9.97 Å². The lowest BCUT2D eigenvalue weighted by atomic mass is 9.95. The van der Waals surface area contributed by atoms with E-state index in [-0.39, 0.29) is 0 Å². The number of anilines is 2. The average molecular weight is 401 g/mol. The SMILES string of the molecule is Cc1nc(NC2CCCCC2)cc(N2CCc3ccc(Br)cc3C2)n1. The van der Waals surface area contributed by atoms with Crippen molar-refractivity contribution in [2.45, 2.75) is 58.0 Å². The molecular weight excluding hydrogens is 376 g/mol. The molecule has 0 spiro atoms. The van der Waals surface area contributed by atoms with Gasteiger partial charge in [0.15, 0.2) is 0 Å². The number of halogens is 1. The molecular formula is C20H25BrN4. The summed E-state index contributed by atoms with van der Waals surface area (Å²) in [4.78, 5) is 11.7. The van der Waals surface area contributed by atoms with Crippen molar-refractivity contribution in [1.82, 2.24) is 9.97 Å². The molecule has 1 aliphatic carbocycles. The third-order valence-corrected chi connectivity index (χ3v) is 5.78. The number of nitrogens with one attached hydrogen (secondary N) is 1. The quantitative estimate of drug-likeness (QED) is 0.798. The molecule has 0 unspecified atom stereocenters. The highest BCUT2D eigenvalue weighted by molar-refractivity contribution is 9.10. The van der Waals surface area contributed by atoms with Crippen LogP contribution in [0.4, 0.5) is 11.6 Å². The molecule has 4 rings (SSSR count). The predicted molar refractivity (Wildman–Crippen MR) is 106 cm³/mol. The van der Waals surface area contributed by atoms with Gasteiger partial charge in [-0.05, 0) is 49.4 Å². The average Bonchev–Trinajstić information content (AvgIpc) is 2.61. The van der Waals surface area contributed by atoms with Crippen LogP contribution in [-0.4, -0.2) is 22.6 Å². The van der Waals surface area contributed by atoms with E-state index in [4.69, 9.17) is 4.98 Å². The van der Waals surface area contributed by atoms with Gasteiger partial charge < -0.3 is 10.2 Å². The lowest BCUT2D eigenvalue weighted by Crippen LogP contribution is -2.31. The molecule has 1 aromatic carbocycles. The Hall–Kier alpha value is -1.62. The molecule has 4 nitrogen and oxygen atoms in total. The molecule has 25 heavy (non-hydrogen) atoms. The molecule has 2 aliphatic rings. The van der Waals surface area contributed by atoms with Crippen LogP contribution in [-0.2, 0) is 13.0 Å². The summed E-state index contributed by atoms with van der Waals surface area (Å²) in [5.41, 5.74) is 2.84. The van der Waals surface area contributed by atoms with Crippen molar-refractivity contribution in [1.29, 1.82) is 0 Å². The molecule has 2 heterocycles. The van der Waals surface area contributed by atoms with Crippen LogP contribution in [0.15, 0.2) is 28.7 Å². The van der Waals surface area contributed by atoms with Crippen LogP contribution in [0.2, 0.25) is 0 Å². The van der Waals surface area contributed by atoms with Gasteiger partial charge in [0.1, 0.15) is 17.5 Å². The molecule has 0 radical (unpaired) electrons. The van der Waals surface area contributed by atoms with Crippen LogP contribution in [0.25, 0.3) is 0 Å². The minimum Gasteiger partial charge on any atom is -0.367 e. The summed E-state index contributed by atoms with van der Waals surface area (Å²) in [7, 11) is 0. The smallest absolute Gasteiger partial charge is 0.134 e. The Bertz CT molecular complexity index is 755. The Balaban J connectivity index is 1.54. The number of rotatable bonds is 3. The van der Waals surface area contributed by atoms with Crippen molar-refractivity contribution in [2.24, 2.45) is 0 Å². The zero-order valence-corrected chi connectivity index (χ0v) is 16.3. The van der Waals surface area contributed by atoms with Gasteiger partial charge in [0.25, 0.3) is 0 Å². The summed E-state index contributed by atoms with van der Waals surface area (Å²) >= 11 is 3.59. The van der Waals surface area contributed by atoms with E-state index < -0.39 is 0 Å². The van der Waals surface area contributed by atoms with Crippen molar-refractivity contribution in [3.8, 4) is 0 Å². The number of hydrogen-bond donors (Lipinski definition) is 1. The van der Waals surface area contributed by atoms with Crippen LogP contribution < -0.4 is 10.2 Å². The van der Waals surface area contributed by atoms with Crippen molar-refractivity contribution in [2.75, 3.05) is 16.8 Å². The molecule has 0 amide bonds. The highest BCUT2D eigenvalue weighted by atomic mass is 79.9. The Morgan fingerprint density at radius 2 is 1.92 bits per heavy atom. The van der Waals surface area contributed by atoms with Crippen molar-refractivity contribution in [3.05, 3.63) is 45.7 Å². The third kappa shape index (κ3) is 3.97. The molecule has 1 fully saturated rings. The first kappa shape index (κ1) is 16.8. The van der Waals surface area contributed by atoms with E-state index in [1.54, 1.807) is 0 Å². The second kappa shape index (κ2) is 7.32. The molecule has 0 saturated heterocycles. The van der Waals surface area contributed by atoms with Crippen molar-refractivity contribution < 1.29 is 0 Å². The van der Waals surface area contributed by atoms with Gasteiger partial charge in [-0.1, -0.05) is 41.3 Å². The highest BCUT2D eigenvalue weighted by Crippen LogP contribution is 2.28. The molecule has 1 aliphatic heterocycles. The van der Waals surface area contributed by atoms with Crippen LogP contribution in [0.5, 0.6) is 0 Å². The number of aryl methyl sites for hydroxylation is 1. The second-order valence-electron chi connectivity index (χ2n) is 7.22. The molecule has 2 aromatic rings. The zero-order valence-electron chi connectivity index (χ0n) is 14.8. The number of benzene rings is 1. The van der Waals surface area contributed by atoms with E-state index in [0.29, 0.717) is 6.04 Å². The molecule has 1 aromatic heterocycles. The van der Waals surface area contributed by atoms with Crippen LogP contribution in [0.3, 0.4) is 0 Å². The third-order valence-electron chi connectivity index (χ3n) is 5.29. The van der Waals surface area contributed by atoms with Crippen molar-refractivity contribution >= 4 is 27.6 Å². The predicted octanol–water partition coefficient (Wildman–Crippen LogP) is 4.85. The lowest BCUT2D eigenvalue weighted by molar-refractivity contribution is 0.461. The molecule has 0 bridgehead atoms. The fourth-order valence-electron chi connectivity index (χ4n) is 3.97. The fraction of sp³-hybridized carbons (Fsp3) is 0.500. The highest BCUT2D eigenvalue weighted by Gasteiger charge is 2.20. The molecule has 1 saturated carbocycles. The normalized spacial score (nSPS) is 18.1. The number of fused-ring (bicyclic) bond motifs is 1. The number of nitrogens with zero attached hydrogens (tertiary/aromatic N) is 3. The van der Waals surface area contributed by atoms with Gasteiger partial charge in [-0.2, -0.15) is 0 Å². The standard InChI is InChI=1S/C20H25BrN4/c1-14-22-19(24-18-5-3-2-4-6-18)12-20(23-14)25-10-9-15-7-8-17(21)11-16(15)13-25/h7-8,11-12,18H,2-6,9-10,13H2,1H3,(H,22,23,24). The first-order valence-electron chi connectivity index (χ1n) is 9.32. The van der Waals surface area contributed by atoms with E-state index in [0.717, 1.165) is 41.4 Å². The largest absolute Gasteiger partial charge is 0.367 e. The molecule has 5 heteroatoms. The van der Waals surface area contributed by atoms with Crippen LogP contribution in [0.1, 0.15) is 49.1 Å². The van der Waals surface area contributed by atoms with Gasteiger partial charge >= 0.3 is 0 Å². The summed E-state index contributed by atoms with van der Waals surface area (Å²) < 4.78 is 1.15. The van der Waals surface area contributed by atoms with Gasteiger partial charge in [0.05, 0.1) is 0 Å². The topological polar surface area (TPSA) is 41.1 Å². The summed E-state index contributed by atoms with van der Waals surface area (Å²) in [6, 6.07) is 9.29. The fourth-order valence-corrected chi connectivity index (χ4v) is 4.37. The minimum atomic E-state index is 0.564. The van der Waals surface area contributed by atoms with E-state index >= 15 is 0 Å². The Morgan fingerprint density at radius 3 is 2.76 bits per heavy atom. The van der Waals surface area contributed by atoms with Gasteiger partial charge in [0, 0.05) is 29.7 Å². The monoisotopic (exact) mass is 400 g/mol. The van der Waals surface area contributed by atoms with E-state index in [2.05, 4.69) is 55.4 Å². The summed E-state index contributed by atoms with van der Waals surface area (Å²) in [5.74, 6) is 2.86. The minimum absolute atomic E-state index is 0.564. The summed E-state index contributed by atoms with van der Waals surface area (Å²) in [6.45, 7) is 3.91. The Kier molecular flexibility index (Phi) is 4.93. The number of hydrogen-bond acceptors (Lipinski definition) is 4. The molecule has 1 N–H and O–H groups in total. The van der Waals surface area contributed by atoms with E-state index in [9.17, 15) is 0 Å². The Morgan fingerprint density at radius 1 is 1.08 bits per heavy atom. The maximum atomic E-state index is 4.71. The van der Waals surface area contributed by atoms with Gasteiger partial charge in [-0.3, -0.25) is 0 Å². The first-order valence-corrected chi connectivity index (χ1v) is 10.1. The van der Waals surface area contributed by atoms with E-state index in [1.165, 1.54) is 43.2 Å². The van der Waals surface area contributed by atoms with Gasteiger partial charge in [-0.15, -0.1) is 0 Å². The maximum Gasteiger partial charge on any atom is 0.134 e. The second-order valence-corrected chi connectivity index (χ2v) is 8.14. The van der Waals surface area contributed by atoms with Crippen molar-refractivity contribution in [3.63, 3.8) is 0 Å². The van der Waals surface area contributed by atoms with Crippen LogP contribution in [0, 0.1) is 6.92 Å². The van der Waals surface area contributed by atoms with Crippen LogP contribution >= 0.6 is 15.9 Å². The molecule has 132 valence electrons. The lowest BCUT2D eigenvalue weighted by Gasteiger charge is -2.30. The van der Waals surface area contributed by atoms with E-state index in [1.807, 2.05) is 6.92 Å². The maximum absolute atomic E-state index is 4.71. The first-order chi connectivity index (χ1) is 12.2. The molecule has 0 atom stereocenters. The summed E-state index contributed by atoms with van der Waals surface area (Å²) in [5, 5.41) is 3.64. The number of aromatic nitrogens is 2. The summed E-state index contributed by atoms with van der Waals surface area (Å²) in [6.07, 6.45) is 7.60. The van der Waals surface area contributed by atoms with Gasteiger partial charge in [0.2, 0.25) is 0 Å². The zero-order chi connectivity index (χ0) is 17.2.